The Bertz CT molecular complexity index is 1060. The fourth-order valence-electron chi connectivity index (χ4n) is 4.55. The van der Waals surface area contributed by atoms with Crippen molar-refractivity contribution in [2.24, 2.45) is 0 Å². The zero-order valence-electron chi connectivity index (χ0n) is 19.2. The van der Waals surface area contributed by atoms with E-state index in [-0.39, 0.29) is 18.9 Å². The highest BCUT2D eigenvalue weighted by atomic mass is 32.2. The van der Waals surface area contributed by atoms with Gasteiger partial charge in [-0.25, -0.2) is 8.42 Å². The first-order valence-electron chi connectivity index (χ1n) is 11.7. The van der Waals surface area contributed by atoms with Gasteiger partial charge in [0.2, 0.25) is 10.0 Å². The lowest BCUT2D eigenvalue weighted by molar-refractivity contribution is -0.128. The van der Waals surface area contributed by atoms with Crippen LogP contribution in [0.5, 0.6) is 5.75 Å². The van der Waals surface area contributed by atoms with Crippen molar-refractivity contribution in [2.75, 3.05) is 30.2 Å². The summed E-state index contributed by atoms with van der Waals surface area (Å²) in [6.45, 7) is 3.83. The molecular weight excluding hydrogens is 438 g/mol. The van der Waals surface area contributed by atoms with Crippen LogP contribution >= 0.6 is 0 Å². The quantitative estimate of drug-likeness (QED) is 0.699. The van der Waals surface area contributed by atoms with Crippen LogP contribution in [0.3, 0.4) is 0 Å². The molecule has 2 aliphatic rings. The van der Waals surface area contributed by atoms with E-state index in [1.165, 1.54) is 41.8 Å². The summed E-state index contributed by atoms with van der Waals surface area (Å²) < 4.78 is 31.7. The number of fused-ring (bicyclic) bond motifs is 1. The minimum Gasteiger partial charge on any atom is -0.478 e. The van der Waals surface area contributed by atoms with Crippen LogP contribution < -0.4 is 14.4 Å². The molecule has 1 fully saturated rings. The molecular formula is C25H33N3O4S. The van der Waals surface area contributed by atoms with Crippen molar-refractivity contribution in [1.82, 2.24) is 10.2 Å². The Hall–Kier alpha value is -2.58. The number of benzene rings is 2. The number of hydrogen-bond acceptors (Lipinski definition) is 5. The molecule has 33 heavy (non-hydrogen) atoms. The topological polar surface area (TPSA) is 79.0 Å². The van der Waals surface area contributed by atoms with E-state index in [1.54, 1.807) is 24.3 Å². The highest BCUT2D eigenvalue weighted by molar-refractivity contribution is 7.92. The number of ether oxygens (including phenoxy) is 1. The molecule has 2 aliphatic heterocycles. The van der Waals surface area contributed by atoms with E-state index in [4.69, 9.17) is 4.74 Å². The van der Waals surface area contributed by atoms with Crippen LogP contribution in [0.2, 0.25) is 0 Å². The van der Waals surface area contributed by atoms with Crippen molar-refractivity contribution in [1.29, 1.82) is 0 Å². The number of carbonyl (C=O) groups excluding carboxylic acids is 1. The van der Waals surface area contributed by atoms with Crippen LogP contribution in [0.25, 0.3) is 0 Å². The third-order valence-electron chi connectivity index (χ3n) is 6.25. The van der Waals surface area contributed by atoms with Gasteiger partial charge >= 0.3 is 0 Å². The Labute approximate surface area is 196 Å². The first kappa shape index (κ1) is 23.6. The molecule has 2 aromatic carbocycles. The van der Waals surface area contributed by atoms with E-state index in [9.17, 15) is 13.2 Å². The number of amides is 1. The summed E-state index contributed by atoms with van der Waals surface area (Å²) in [6.07, 6.45) is 5.86. The van der Waals surface area contributed by atoms with Gasteiger partial charge in [-0.15, -0.1) is 0 Å². The Balaban J connectivity index is 1.38. The van der Waals surface area contributed by atoms with Crippen molar-refractivity contribution in [3.05, 3.63) is 59.7 Å². The van der Waals surface area contributed by atoms with Crippen molar-refractivity contribution in [2.45, 2.75) is 51.3 Å². The first-order chi connectivity index (χ1) is 15.9. The van der Waals surface area contributed by atoms with Crippen LogP contribution in [0.1, 0.15) is 43.2 Å². The van der Waals surface area contributed by atoms with Crippen molar-refractivity contribution >= 4 is 21.6 Å². The number of rotatable bonds is 6. The third kappa shape index (κ3) is 6.26. The molecule has 0 saturated carbocycles. The molecule has 8 heteroatoms. The van der Waals surface area contributed by atoms with Crippen LogP contribution in [-0.4, -0.2) is 51.2 Å². The lowest BCUT2D eigenvalue weighted by atomic mass is 10.1. The minimum absolute atomic E-state index is 0.194. The standard InChI is InChI=1S/C25H33N3O4S/c1-33(30,31)28-16-13-24(32-23-12-5-4-11-22(23)28)25(29)26-18-20-9-8-10-21(17-20)19-27-14-6-2-3-7-15-27/h4-5,8-12,17,24H,2-3,6-7,13-16,18-19H2,1H3,(H,26,29). The summed E-state index contributed by atoms with van der Waals surface area (Å²) >= 11 is 0. The summed E-state index contributed by atoms with van der Waals surface area (Å²) in [5.41, 5.74) is 2.77. The average Bonchev–Trinajstić information content (AvgIpc) is 3.16. The summed E-state index contributed by atoms with van der Waals surface area (Å²) in [7, 11) is -3.47. The number of anilines is 1. The average molecular weight is 472 g/mol. The molecule has 0 bridgehead atoms. The van der Waals surface area contributed by atoms with Gasteiger partial charge in [0.05, 0.1) is 11.9 Å². The monoisotopic (exact) mass is 471 g/mol. The van der Waals surface area contributed by atoms with Gasteiger partial charge in [0, 0.05) is 26.1 Å². The fourth-order valence-corrected chi connectivity index (χ4v) is 5.50. The summed E-state index contributed by atoms with van der Waals surface area (Å²) in [5, 5.41) is 2.98. The molecule has 2 aromatic rings. The van der Waals surface area contributed by atoms with E-state index in [0.29, 0.717) is 18.0 Å². The third-order valence-corrected chi connectivity index (χ3v) is 7.43. The molecule has 4 rings (SSSR count). The molecule has 178 valence electrons. The lowest BCUT2D eigenvalue weighted by Crippen LogP contribution is -2.39. The van der Waals surface area contributed by atoms with Gasteiger partial charge in [-0.2, -0.15) is 0 Å². The van der Waals surface area contributed by atoms with Gasteiger partial charge < -0.3 is 10.1 Å². The number of carbonyl (C=O) groups is 1. The van der Waals surface area contributed by atoms with Crippen LogP contribution in [-0.2, 0) is 27.9 Å². The number of likely N-dealkylation sites (tertiary alicyclic amines) is 1. The Morgan fingerprint density at radius 2 is 1.73 bits per heavy atom. The Morgan fingerprint density at radius 1 is 1.00 bits per heavy atom. The van der Waals surface area contributed by atoms with E-state index in [2.05, 4.69) is 22.3 Å². The number of sulfonamides is 1. The van der Waals surface area contributed by atoms with Crippen molar-refractivity contribution < 1.29 is 17.9 Å². The molecule has 0 aromatic heterocycles. The van der Waals surface area contributed by atoms with Gasteiger partial charge in [0.1, 0.15) is 5.75 Å². The maximum atomic E-state index is 12.9. The second kappa shape index (κ2) is 10.6. The highest BCUT2D eigenvalue weighted by Gasteiger charge is 2.30. The summed E-state index contributed by atoms with van der Waals surface area (Å²) in [4.78, 5) is 15.4. The van der Waals surface area contributed by atoms with Gasteiger partial charge in [-0.1, -0.05) is 49.2 Å². The molecule has 0 spiro atoms. The normalized spacial score (nSPS) is 19.7. The van der Waals surface area contributed by atoms with E-state index in [1.807, 2.05) is 12.1 Å². The lowest BCUT2D eigenvalue weighted by Gasteiger charge is -2.20. The highest BCUT2D eigenvalue weighted by Crippen LogP contribution is 2.33. The molecule has 0 radical (unpaired) electrons. The molecule has 1 amide bonds. The minimum atomic E-state index is -3.47. The van der Waals surface area contributed by atoms with Crippen molar-refractivity contribution in [3.8, 4) is 5.75 Å². The predicted octanol–water partition coefficient (Wildman–Crippen LogP) is 3.30. The zero-order valence-corrected chi connectivity index (χ0v) is 20.0. The summed E-state index contributed by atoms with van der Waals surface area (Å²) in [5.74, 6) is 0.165. The number of hydrogen-bond donors (Lipinski definition) is 1. The van der Waals surface area contributed by atoms with Crippen molar-refractivity contribution in [3.63, 3.8) is 0 Å². The predicted molar refractivity (Wildman–Crippen MR) is 130 cm³/mol. The van der Waals surface area contributed by atoms with Gasteiger partial charge in [-0.3, -0.25) is 14.0 Å². The van der Waals surface area contributed by atoms with Gasteiger partial charge in [0.15, 0.2) is 6.10 Å². The molecule has 1 N–H and O–H groups in total. The molecule has 0 aliphatic carbocycles. The maximum absolute atomic E-state index is 12.9. The van der Waals surface area contributed by atoms with Gasteiger partial charge in [0.25, 0.3) is 5.91 Å². The first-order valence-corrected chi connectivity index (χ1v) is 13.6. The number of para-hydroxylation sites is 2. The van der Waals surface area contributed by atoms with Gasteiger partial charge in [-0.05, 0) is 49.2 Å². The largest absolute Gasteiger partial charge is 0.478 e. The number of nitrogens with zero attached hydrogens (tertiary/aromatic N) is 2. The Kier molecular flexibility index (Phi) is 7.55. The molecule has 2 heterocycles. The van der Waals surface area contributed by atoms with E-state index >= 15 is 0 Å². The molecule has 7 nitrogen and oxygen atoms in total. The molecule has 1 saturated heterocycles. The van der Waals surface area contributed by atoms with E-state index < -0.39 is 16.1 Å². The zero-order chi connectivity index (χ0) is 23.3. The molecule has 1 unspecified atom stereocenters. The van der Waals surface area contributed by atoms with Crippen LogP contribution in [0.15, 0.2) is 48.5 Å². The second-order valence-corrected chi connectivity index (χ2v) is 10.8. The maximum Gasteiger partial charge on any atom is 0.261 e. The number of nitrogens with one attached hydrogen (secondary N) is 1. The van der Waals surface area contributed by atoms with E-state index in [0.717, 1.165) is 25.2 Å². The summed E-state index contributed by atoms with van der Waals surface area (Å²) in [6, 6.07) is 15.3. The molecule has 1 atom stereocenters. The fraction of sp³-hybridized carbons (Fsp3) is 0.480. The second-order valence-electron chi connectivity index (χ2n) is 8.93. The van der Waals surface area contributed by atoms with Crippen LogP contribution in [0, 0.1) is 0 Å². The SMILES string of the molecule is CS(=O)(=O)N1CCC(C(=O)NCc2cccc(CN3CCCCCC3)c2)Oc2ccccc21. The smallest absolute Gasteiger partial charge is 0.261 e. The van der Waals surface area contributed by atoms with Crippen LogP contribution in [0.4, 0.5) is 5.69 Å². The Morgan fingerprint density at radius 3 is 2.48 bits per heavy atom.